The molecule has 4 aromatic rings. The number of aliphatic hydroxyl groups excluding tert-OH is 1. The molecule has 1 aliphatic heterocycles. The molecule has 2 heterocycles. The molecule has 0 bridgehead atoms. The number of aromatic nitrogens is 1. The molecule has 1 N–H and O–H groups in total. The summed E-state index contributed by atoms with van der Waals surface area (Å²) in [5.41, 5.74) is 3.92. The molecule has 3 aromatic carbocycles. The maximum absolute atomic E-state index is 13.4. The van der Waals surface area contributed by atoms with Gasteiger partial charge in [-0.2, -0.15) is 0 Å². The van der Waals surface area contributed by atoms with Gasteiger partial charge in [0.05, 0.1) is 21.8 Å². The Morgan fingerprint density at radius 2 is 1.83 bits per heavy atom. The molecular weight excluding hydrogens is 472 g/mol. The van der Waals surface area contributed by atoms with Gasteiger partial charge in [0.1, 0.15) is 18.1 Å². The van der Waals surface area contributed by atoms with Crippen LogP contribution < -0.4 is 9.64 Å². The van der Waals surface area contributed by atoms with Crippen LogP contribution in [0.4, 0.5) is 5.13 Å². The number of anilines is 1. The van der Waals surface area contributed by atoms with Crippen molar-refractivity contribution >= 4 is 44.1 Å². The second-order valence-electron chi connectivity index (χ2n) is 8.67. The lowest BCUT2D eigenvalue weighted by atomic mass is 9.95. The van der Waals surface area contributed by atoms with Crippen molar-refractivity contribution in [2.75, 3.05) is 11.5 Å². The lowest BCUT2D eigenvalue weighted by Gasteiger charge is -2.23. The fraction of sp³-hybridized carbons (Fsp3) is 0.138. The van der Waals surface area contributed by atoms with Crippen LogP contribution in [0.1, 0.15) is 28.3 Å². The van der Waals surface area contributed by atoms with Gasteiger partial charge < -0.3 is 9.84 Å². The van der Waals surface area contributed by atoms with Crippen LogP contribution in [0.25, 0.3) is 16.0 Å². The average Bonchev–Trinajstić information content (AvgIpc) is 3.40. The number of aliphatic hydroxyl groups is 1. The van der Waals surface area contributed by atoms with Crippen molar-refractivity contribution < 1.29 is 19.4 Å². The highest BCUT2D eigenvalue weighted by Gasteiger charge is 2.48. The van der Waals surface area contributed by atoms with Crippen molar-refractivity contribution in [2.24, 2.45) is 0 Å². The van der Waals surface area contributed by atoms with Crippen LogP contribution in [-0.2, 0) is 9.59 Å². The first-order valence-corrected chi connectivity index (χ1v) is 12.3. The van der Waals surface area contributed by atoms with E-state index in [4.69, 9.17) is 4.74 Å². The number of amides is 1. The molecule has 1 aliphatic rings. The zero-order valence-corrected chi connectivity index (χ0v) is 20.7. The highest BCUT2D eigenvalue weighted by atomic mass is 32.1. The monoisotopic (exact) mass is 496 g/mol. The van der Waals surface area contributed by atoms with E-state index in [0.29, 0.717) is 28.6 Å². The first kappa shape index (κ1) is 23.5. The van der Waals surface area contributed by atoms with E-state index in [1.807, 2.05) is 50.2 Å². The standard InChI is InChI=1S/C29H24N2O4S/c1-4-14-35-21-7-5-6-20(16-21)25-24(26(32)19-11-8-17(2)9-12-19)27(33)28(34)31(25)29-30-22-13-10-18(3)15-23(22)36-29/h4-13,15-16,25,32H,1,14H2,2-3H3. The summed E-state index contributed by atoms with van der Waals surface area (Å²) in [4.78, 5) is 32.9. The van der Waals surface area contributed by atoms with Gasteiger partial charge in [-0.15, -0.1) is 0 Å². The molecule has 6 nitrogen and oxygen atoms in total. The van der Waals surface area contributed by atoms with Gasteiger partial charge in [-0.25, -0.2) is 4.98 Å². The summed E-state index contributed by atoms with van der Waals surface area (Å²) in [7, 11) is 0. The first-order valence-electron chi connectivity index (χ1n) is 11.5. The maximum Gasteiger partial charge on any atom is 0.301 e. The molecule has 1 fully saturated rings. The molecule has 0 radical (unpaired) electrons. The Hall–Kier alpha value is -4.23. The predicted molar refractivity (Wildman–Crippen MR) is 142 cm³/mol. The van der Waals surface area contributed by atoms with Gasteiger partial charge in [0.15, 0.2) is 5.13 Å². The molecule has 1 atom stereocenters. The van der Waals surface area contributed by atoms with Crippen molar-refractivity contribution in [2.45, 2.75) is 19.9 Å². The van der Waals surface area contributed by atoms with E-state index in [1.165, 1.54) is 16.2 Å². The number of benzene rings is 3. The number of carbonyl (C=O) groups excluding carboxylic acids is 2. The Labute approximate surface area is 212 Å². The quantitative estimate of drug-likeness (QED) is 0.151. The number of rotatable bonds is 6. The van der Waals surface area contributed by atoms with Crippen molar-refractivity contribution in [1.82, 2.24) is 4.98 Å². The summed E-state index contributed by atoms with van der Waals surface area (Å²) in [5, 5.41) is 11.7. The number of ether oxygens (including phenoxy) is 1. The summed E-state index contributed by atoms with van der Waals surface area (Å²) < 4.78 is 6.62. The lowest BCUT2D eigenvalue weighted by Crippen LogP contribution is -2.29. The van der Waals surface area contributed by atoms with Gasteiger partial charge in [0.2, 0.25) is 0 Å². The lowest BCUT2D eigenvalue weighted by molar-refractivity contribution is -0.132. The molecule has 0 saturated carbocycles. The van der Waals surface area contributed by atoms with E-state index in [9.17, 15) is 14.7 Å². The third kappa shape index (κ3) is 4.18. The van der Waals surface area contributed by atoms with E-state index in [1.54, 1.807) is 36.4 Å². The molecule has 0 spiro atoms. The van der Waals surface area contributed by atoms with Gasteiger partial charge in [-0.3, -0.25) is 14.5 Å². The minimum atomic E-state index is -0.875. The zero-order valence-electron chi connectivity index (χ0n) is 19.9. The second kappa shape index (κ2) is 9.43. The Balaban J connectivity index is 1.71. The van der Waals surface area contributed by atoms with Crippen molar-refractivity contribution in [1.29, 1.82) is 0 Å². The van der Waals surface area contributed by atoms with Crippen molar-refractivity contribution in [3.05, 3.63) is 107 Å². The third-order valence-corrected chi connectivity index (χ3v) is 7.07. The predicted octanol–water partition coefficient (Wildman–Crippen LogP) is 6.10. The van der Waals surface area contributed by atoms with E-state index in [0.717, 1.165) is 21.3 Å². The minimum Gasteiger partial charge on any atom is -0.507 e. The molecular formula is C29H24N2O4S. The van der Waals surface area contributed by atoms with Crippen LogP contribution in [0, 0.1) is 13.8 Å². The Kier molecular flexibility index (Phi) is 6.16. The number of fused-ring (bicyclic) bond motifs is 1. The largest absolute Gasteiger partial charge is 0.507 e. The van der Waals surface area contributed by atoms with Crippen molar-refractivity contribution in [3.8, 4) is 5.75 Å². The van der Waals surface area contributed by atoms with Gasteiger partial charge >= 0.3 is 5.91 Å². The number of carbonyl (C=O) groups is 2. The summed E-state index contributed by atoms with van der Waals surface area (Å²) in [6.45, 7) is 7.91. The van der Waals surface area contributed by atoms with Crippen LogP contribution in [0.15, 0.2) is 85.0 Å². The van der Waals surface area contributed by atoms with E-state index in [2.05, 4.69) is 11.6 Å². The van der Waals surface area contributed by atoms with Gasteiger partial charge in [-0.1, -0.05) is 72.0 Å². The Morgan fingerprint density at radius 1 is 1.08 bits per heavy atom. The SMILES string of the molecule is C=CCOc1cccc(C2C(=C(O)c3ccc(C)cc3)C(=O)C(=O)N2c2nc3ccc(C)cc3s2)c1. The van der Waals surface area contributed by atoms with Crippen LogP contribution in [0.5, 0.6) is 5.75 Å². The van der Waals surface area contributed by atoms with Crippen LogP contribution in [-0.4, -0.2) is 28.4 Å². The molecule has 0 aliphatic carbocycles. The summed E-state index contributed by atoms with van der Waals surface area (Å²) in [6, 6.07) is 19.3. The number of nitrogens with zero attached hydrogens (tertiary/aromatic N) is 2. The smallest absolute Gasteiger partial charge is 0.301 e. The molecule has 36 heavy (non-hydrogen) atoms. The van der Waals surface area contributed by atoms with Gasteiger partial charge in [0, 0.05) is 5.56 Å². The summed E-state index contributed by atoms with van der Waals surface area (Å²) in [6.07, 6.45) is 1.64. The zero-order chi connectivity index (χ0) is 25.4. The van der Waals surface area contributed by atoms with Gasteiger partial charge in [-0.05, 0) is 49.2 Å². The summed E-state index contributed by atoms with van der Waals surface area (Å²) >= 11 is 1.34. The van der Waals surface area contributed by atoms with E-state index >= 15 is 0 Å². The van der Waals surface area contributed by atoms with Crippen LogP contribution in [0.3, 0.4) is 0 Å². The number of aryl methyl sites for hydroxylation is 2. The first-order chi connectivity index (χ1) is 17.4. The minimum absolute atomic E-state index is 0.0140. The average molecular weight is 497 g/mol. The molecule has 5 rings (SSSR count). The molecule has 1 unspecified atom stereocenters. The van der Waals surface area contributed by atoms with Gasteiger partial charge in [0.25, 0.3) is 5.78 Å². The van der Waals surface area contributed by atoms with Crippen LogP contribution in [0.2, 0.25) is 0 Å². The molecule has 1 aromatic heterocycles. The fourth-order valence-corrected chi connectivity index (χ4v) is 5.35. The Morgan fingerprint density at radius 3 is 2.58 bits per heavy atom. The number of thiazole rings is 1. The van der Waals surface area contributed by atoms with Crippen LogP contribution >= 0.6 is 11.3 Å². The third-order valence-electron chi connectivity index (χ3n) is 6.05. The molecule has 1 saturated heterocycles. The number of ketones is 1. The molecule has 7 heteroatoms. The highest BCUT2D eigenvalue weighted by Crippen LogP contribution is 2.44. The Bertz CT molecular complexity index is 1530. The second-order valence-corrected chi connectivity index (χ2v) is 9.68. The molecule has 1 amide bonds. The maximum atomic E-state index is 13.4. The topological polar surface area (TPSA) is 79.7 Å². The normalized spacial score (nSPS) is 17.1. The summed E-state index contributed by atoms with van der Waals surface area (Å²) in [5.74, 6) is -1.16. The number of Topliss-reactive ketones (excluding diaryl/α,β-unsaturated/α-hetero) is 1. The molecule has 180 valence electrons. The highest BCUT2D eigenvalue weighted by molar-refractivity contribution is 7.22. The fourth-order valence-electron chi connectivity index (χ4n) is 4.26. The number of hydrogen-bond donors (Lipinski definition) is 1. The van der Waals surface area contributed by atoms with Crippen molar-refractivity contribution in [3.63, 3.8) is 0 Å². The van der Waals surface area contributed by atoms with E-state index in [-0.39, 0.29) is 11.3 Å². The van der Waals surface area contributed by atoms with E-state index < -0.39 is 17.7 Å². The number of hydrogen-bond acceptors (Lipinski definition) is 6.